The Balaban J connectivity index is 1.86. The van der Waals surface area contributed by atoms with E-state index in [1.165, 1.54) is 9.75 Å². The second-order valence-corrected chi connectivity index (χ2v) is 5.20. The molecule has 0 bridgehead atoms. The Labute approximate surface area is 97.2 Å². The van der Waals surface area contributed by atoms with Gasteiger partial charge in [-0.15, -0.1) is 22.7 Å². The quantitative estimate of drug-likeness (QED) is 0.891. The molecule has 2 rings (SSSR count). The van der Waals surface area contributed by atoms with Crippen molar-refractivity contribution in [3.8, 4) is 0 Å². The van der Waals surface area contributed by atoms with Gasteiger partial charge in [0, 0.05) is 22.8 Å². The van der Waals surface area contributed by atoms with Gasteiger partial charge in [-0.1, -0.05) is 0 Å². The number of aryl methyl sites for hydroxylation is 2. The van der Waals surface area contributed by atoms with Crippen molar-refractivity contribution in [2.75, 3.05) is 0 Å². The van der Waals surface area contributed by atoms with Crippen LogP contribution in [0.3, 0.4) is 0 Å². The Morgan fingerprint density at radius 1 is 1.00 bits per heavy atom. The number of thiazole rings is 2. The fourth-order valence-electron chi connectivity index (χ4n) is 1.28. The maximum atomic E-state index is 4.22. The van der Waals surface area contributed by atoms with Crippen LogP contribution in [-0.2, 0) is 13.1 Å². The summed E-state index contributed by atoms with van der Waals surface area (Å²) in [7, 11) is 0. The van der Waals surface area contributed by atoms with Crippen LogP contribution >= 0.6 is 22.7 Å². The maximum absolute atomic E-state index is 4.22. The van der Waals surface area contributed by atoms with Crippen molar-refractivity contribution in [1.29, 1.82) is 0 Å². The first kappa shape index (κ1) is 10.7. The summed E-state index contributed by atoms with van der Waals surface area (Å²) < 4.78 is 0. The zero-order valence-electron chi connectivity index (χ0n) is 8.78. The largest absolute Gasteiger partial charge is 0.307 e. The predicted molar refractivity (Wildman–Crippen MR) is 64.2 cm³/mol. The molecule has 5 heteroatoms. The summed E-state index contributed by atoms with van der Waals surface area (Å²) in [5.74, 6) is 0. The van der Waals surface area contributed by atoms with Crippen LogP contribution in [0, 0.1) is 13.8 Å². The van der Waals surface area contributed by atoms with Crippen LogP contribution in [0.5, 0.6) is 0 Å². The van der Waals surface area contributed by atoms with Gasteiger partial charge in [-0.3, -0.25) is 0 Å². The van der Waals surface area contributed by atoms with Crippen molar-refractivity contribution in [2.24, 2.45) is 0 Å². The van der Waals surface area contributed by atoms with E-state index in [0.29, 0.717) is 0 Å². The SMILES string of the molecule is Cc1ncsc1CNCc1scnc1C. The Morgan fingerprint density at radius 2 is 1.47 bits per heavy atom. The van der Waals surface area contributed by atoms with Gasteiger partial charge < -0.3 is 5.32 Å². The van der Waals surface area contributed by atoms with Crippen LogP contribution in [-0.4, -0.2) is 9.97 Å². The second kappa shape index (κ2) is 4.83. The normalized spacial score (nSPS) is 10.8. The molecule has 80 valence electrons. The minimum Gasteiger partial charge on any atom is -0.307 e. The summed E-state index contributed by atoms with van der Waals surface area (Å²) in [5, 5.41) is 3.41. The van der Waals surface area contributed by atoms with Gasteiger partial charge in [0.2, 0.25) is 0 Å². The van der Waals surface area contributed by atoms with Crippen LogP contribution in [0.25, 0.3) is 0 Å². The number of hydrogen-bond donors (Lipinski definition) is 1. The molecule has 2 aromatic heterocycles. The second-order valence-electron chi connectivity index (χ2n) is 3.33. The van der Waals surface area contributed by atoms with Gasteiger partial charge in [-0.2, -0.15) is 0 Å². The van der Waals surface area contributed by atoms with Gasteiger partial charge in [0.15, 0.2) is 0 Å². The van der Waals surface area contributed by atoms with Crippen LogP contribution in [0.4, 0.5) is 0 Å². The van der Waals surface area contributed by atoms with Gasteiger partial charge in [-0.25, -0.2) is 9.97 Å². The van der Waals surface area contributed by atoms with Gasteiger partial charge in [0.25, 0.3) is 0 Å². The lowest BCUT2D eigenvalue weighted by atomic mass is 10.3. The molecule has 3 nitrogen and oxygen atoms in total. The van der Waals surface area contributed by atoms with Gasteiger partial charge in [-0.05, 0) is 13.8 Å². The highest BCUT2D eigenvalue weighted by Crippen LogP contribution is 2.14. The lowest BCUT2D eigenvalue weighted by molar-refractivity contribution is 0.701. The van der Waals surface area contributed by atoms with Crippen molar-refractivity contribution < 1.29 is 0 Å². The summed E-state index contributed by atoms with van der Waals surface area (Å²) >= 11 is 3.41. The Morgan fingerprint density at radius 3 is 1.80 bits per heavy atom. The molecule has 0 atom stereocenters. The third-order valence-electron chi connectivity index (χ3n) is 2.26. The molecule has 0 aliphatic heterocycles. The minimum atomic E-state index is 0.897. The van der Waals surface area contributed by atoms with E-state index in [0.717, 1.165) is 24.5 Å². The standard InChI is InChI=1S/C10H13N3S2/c1-7-9(14-5-12-7)3-11-4-10-8(2)13-6-15-10/h5-6,11H,3-4H2,1-2H3. The number of nitrogens with zero attached hydrogens (tertiary/aromatic N) is 2. The number of hydrogen-bond acceptors (Lipinski definition) is 5. The zero-order valence-corrected chi connectivity index (χ0v) is 10.4. The fourth-order valence-corrected chi connectivity index (χ4v) is 2.77. The highest BCUT2D eigenvalue weighted by atomic mass is 32.1. The third kappa shape index (κ3) is 2.62. The third-order valence-corrected chi connectivity index (χ3v) is 4.13. The molecule has 0 aliphatic carbocycles. The van der Waals surface area contributed by atoms with Crippen LogP contribution < -0.4 is 5.32 Å². The van der Waals surface area contributed by atoms with Gasteiger partial charge in [0.05, 0.1) is 22.4 Å². The predicted octanol–water partition coefficient (Wildman–Crippen LogP) is 2.51. The lowest BCUT2D eigenvalue weighted by Crippen LogP contribution is -2.12. The zero-order chi connectivity index (χ0) is 10.7. The highest BCUT2D eigenvalue weighted by molar-refractivity contribution is 7.10. The molecule has 0 amide bonds. The number of aromatic nitrogens is 2. The summed E-state index contributed by atoms with van der Waals surface area (Å²) in [5.41, 5.74) is 6.05. The maximum Gasteiger partial charge on any atom is 0.0798 e. The van der Waals surface area contributed by atoms with Crippen LogP contribution in [0.1, 0.15) is 21.1 Å². The van der Waals surface area contributed by atoms with Gasteiger partial charge in [0.1, 0.15) is 0 Å². The van der Waals surface area contributed by atoms with E-state index >= 15 is 0 Å². The number of rotatable bonds is 4. The van der Waals surface area contributed by atoms with E-state index in [-0.39, 0.29) is 0 Å². The first-order chi connectivity index (χ1) is 7.27. The van der Waals surface area contributed by atoms with Crippen molar-refractivity contribution in [3.63, 3.8) is 0 Å². The Bertz CT molecular complexity index is 393. The molecule has 0 unspecified atom stereocenters. The molecular formula is C10H13N3S2. The molecule has 0 radical (unpaired) electrons. The molecule has 0 aliphatic rings. The number of nitrogens with one attached hydrogen (secondary N) is 1. The average molecular weight is 239 g/mol. The monoisotopic (exact) mass is 239 g/mol. The Hall–Kier alpha value is -0.780. The van der Waals surface area contributed by atoms with Crippen molar-refractivity contribution in [3.05, 3.63) is 32.2 Å². The fraction of sp³-hybridized carbons (Fsp3) is 0.400. The van der Waals surface area contributed by atoms with E-state index < -0.39 is 0 Å². The summed E-state index contributed by atoms with van der Waals surface area (Å²) in [6.45, 7) is 5.89. The molecule has 1 N–H and O–H groups in total. The molecule has 0 fully saturated rings. The minimum absolute atomic E-state index is 0.897. The van der Waals surface area contributed by atoms with Crippen molar-refractivity contribution in [1.82, 2.24) is 15.3 Å². The van der Waals surface area contributed by atoms with Crippen molar-refractivity contribution >= 4 is 22.7 Å². The highest BCUT2D eigenvalue weighted by Gasteiger charge is 2.03. The van der Waals surface area contributed by atoms with Gasteiger partial charge >= 0.3 is 0 Å². The summed E-state index contributed by atoms with van der Waals surface area (Å²) in [6, 6.07) is 0. The van der Waals surface area contributed by atoms with Crippen LogP contribution in [0.2, 0.25) is 0 Å². The first-order valence-corrected chi connectivity index (χ1v) is 6.52. The topological polar surface area (TPSA) is 37.8 Å². The van der Waals surface area contributed by atoms with E-state index in [4.69, 9.17) is 0 Å². The van der Waals surface area contributed by atoms with E-state index in [2.05, 4.69) is 15.3 Å². The summed E-state index contributed by atoms with van der Waals surface area (Å²) in [4.78, 5) is 11.1. The smallest absolute Gasteiger partial charge is 0.0798 e. The molecule has 0 saturated carbocycles. The van der Waals surface area contributed by atoms with E-state index in [1.54, 1.807) is 22.7 Å². The molecule has 15 heavy (non-hydrogen) atoms. The molecule has 2 aromatic rings. The lowest BCUT2D eigenvalue weighted by Gasteiger charge is -2.02. The molecule has 2 heterocycles. The van der Waals surface area contributed by atoms with Crippen LogP contribution in [0.15, 0.2) is 11.0 Å². The Kier molecular flexibility index (Phi) is 3.45. The first-order valence-electron chi connectivity index (χ1n) is 4.76. The van der Waals surface area contributed by atoms with Crippen molar-refractivity contribution in [2.45, 2.75) is 26.9 Å². The molecule has 0 spiro atoms. The van der Waals surface area contributed by atoms with E-state index in [1.807, 2.05) is 24.9 Å². The molecule has 0 aromatic carbocycles. The molecular weight excluding hydrogens is 226 g/mol. The molecule has 0 saturated heterocycles. The van der Waals surface area contributed by atoms with E-state index in [9.17, 15) is 0 Å². The average Bonchev–Trinajstić information content (AvgIpc) is 2.78. The summed E-state index contributed by atoms with van der Waals surface area (Å²) in [6.07, 6.45) is 0.